The maximum atomic E-state index is 11.2. The van der Waals surface area contributed by atoms with Gasteiger partial charge in [0, 0.05) is 5.54 Å². The summed E-state index contributed by atoms with van der Waals surface area (Å²) in [6.07, 6.45) is 4.47. The molecule has 0 heterocycles. The third-order valence-electron chi connectivity index (χ3n) is 3.46. The fourth-order valence-corrected chi connectivity index (χ4v) is 2.47. The molecule has 1 aliphatic carbocycles. The highest BCUT2D eigenvalue weighted by atomic mass is 16.4. The number of carboxylic acid groups (broad SMARTS) is 1. The Hall–Kier alpha value is -1.71. The molecule has 17 heavy (non-hydrogen) atoms. The van der Waals surface area contributed by atoms with E-state index < -0.39 is 5.97 Å². The predicted molar refractivity (Wildman–Crippen MR) is 68.3 cm³/mol. The summed E-state index contributed by atoms with van der Waals surface area (Å²) in [4.78, 5) is 11.2. The van der Waals surface area contributed by atoms with Crippen molar-refractivity contribution in [3.63, 3.8) is 0 Å². The first kappa shape index (κ1) is 11.8. The quantitative estimate of drug-likeness (QED) is 0.703. The highest BCUT2D eigenvalue weighted by molar-refractivity contribution is 5.97. The number of hydrogen-bond acceptors (Lipinski definition) is 3. The van der Waals surface area contributed by atoms with Gasteiger partial charge >= 0.3 is 5.97 Å². The van der Waals surface area contributed by atoms with E-state index in [9.17, 15) is 4.79 Å². The van der Waals surface area contributed by atoms with E-state index >= 15 is 0 Å². The molecule has 92 valence electrons. The zero-order valence-electron chi connectivity index (χ0n) is 9.99. The van der Waals surface area contributed by atoms with Gasteiger partial charge in [-0.1, -0.05) is 18.9 Å². The molecule has 0 bridgehead atoms. The van der Waals surface area contributed by atoms with Gasteiger partial charge in [0.05, 0.1) is 16.9 Å². The standard InChI is InChI=1S/C13H18N2O2/c1-13(7-2-3-8-13)15-11-9(12(16)17)5-4-6-10(11)14/h4-6,15H,2-3,7-8,14H2,1H3,(H,16,17). The van der Waals surface area contributed by atoms with Crippen LogP contribution < -0.4 is 11.1 Å². The van der Waals surface area contributed by atoms with Gasteiger partial charge in [0.15, 0.2) is 0 Å². The molecule has 0 saturated heterocycles. The number of anilines is 2. The van der Waals surface area contributed by atoms with Crippen molar-refractivity contribution >= 4 is 17.3 Å². The monoisotopic (exact) mass is 234 g/mol. The van der Waals surface area contributed by atoms with Gasteiger partial charge < -0.3 is 16.2 Å². The van der Waals surface area contributed by atoms with Gasteiger partial charge in [-0.2, -0.15) is 0 Å². The maximum absolute atomic E-state index is 11.2. The van der Waals surface area contributed by atoms with Crippen LogP contribution in [-0.4, -0.2) is 16.6 Å². The van der Waals surface area contributed by atoms with Crippen LogP contribution in [0.4, 0.5) is 11.4 Å². The van der Waals surface area contributed by atoms with Crippen LogP contribution in [0.15, 0.2) is 18.2 Å². The van der Waals surface area contributed by atoms with E-state index in [0.717, 1.165) is 12.8 Å². The summed E-state index contributed by atoms with van der Waals surface area (Å²) in [6.45, 7) is 2.12. The summed E-state index contributed by atoms with van der Waals surface area (Å²) in [6, 6.07) is 4.98. The number of nitrogen functional groups attached to an aromatic ring is 1. The fourth-order valence-electron chi connectivity index (χ4n) is 2.47. The van der Waals surface area contributed by atoms with Crippen molar-refractivity contribution in [3.05, 3.63) is 23.8 Å². The lowest BCUT2D eigenvalue weighted by Gasteiger charge is -2.28. The van der Waals surface area contributed by atoms with Gasteiger partial charge in [0.25, 0.3) is 0 Å². The number of carboxylic acids is 1. The average molecular weight is 234 g/mol. The van der Waals surface area contributed by atoms with Crippen LogP contribution in [-0.2, 0) is 0 Å². The van der Waals surface area contributed by atoms with E-state index in [4.69, 9.17) is 10.8 Å². The molecule has 0 radical (unpaired) electrons. The van der Waals surface area contributed by atoms with Crippen molar-refractivity contribution in [3.8, 4) is 0 Å². The zero-order chi connectivity index (χ0) is 12.5. The topological polar surface area (TPSA) is 75.3 Å². The largest absolute Gasteiger partial charge is 0.478 e. The molecular weight excluding hydrogens is 216 g/mol. The van der Waals surface area contributed by atoms with Crippen LogP contribution >= 0.6 is 0 Å². The Kier molecular flexibility index (Phi) is 2.96. The molecule has 0 aromatic heterocycles. The van der Waals surface area contributed by atoms with Crippen molar-refractivity contribution in [2.24, 2.45) is 0 Å². The highest BCUT2D eigenvalue weighted by Gasteiger charge is 2.30. The second-order valence-corrected chi connectivity index (χ2v) is 4.97. The van der Waals surface area contributed by atoms with Gasteiger partial charge in [-0.05, 0) is 31.9 Å². The van der Waals surface area contributed by atoms with E-state index in [1.54, 1.807) is 18.2 Å². The molecule has 0 aliphatic heterocycles. The second-order valence-electron chi connectivity index (χ2n) is 4.97. The minimum Gasteiger partial charge on any atom is -0.478 e. The smallest absolute Gasteiger partial charge is 0.337 e. The Labute approximate surface area is 101 Å². The molecule has 0 unspecified atom stereocenters. The molecule has 1 aromatic rings. The molecule has 0 spiro atoms. The molecule has 2 rings (SSSR count). The van der Waals surface area contributed by atoms with Crippen LogP contribution in [0.1, 0.15) is 43.0 Å². The molecular formula is C13H18N2O2. The molecule has 1 aliphatic rings. The molecule has 0 amide bonds. The molecule has 1 saturated carbocycles. The first-order valence-corrected chi connectivity index (χ1v) is 5.92. The number of benzene rings is 1. The highest BCUT2D eigenvalue weighted by Crippen LogP contribution is 2.35. The van der Waals surface area contributed by atoms with E-state index in [1.165, 1.54) is 12.8 Å². The number of hydrogen-bond donors (Lipinski definition) is 3. The third-order valence-corrected chi connectivity index (χ3v) is 3.46. The Balaban J connectivity index is 2.34. The first-order valence-electron chi connectivity index (χ1n) is 5.92. The van der Waals surface area contributed by atoms with E-state index in [1.807, 2.05) is 0 Å². The van der Waals surface area contributed by atoms with Crippen molar-refractivity contribution < 1.29 is 9.90 Å². The zero-order valence-corrected chi connectivity index (χ0v) is 9.99. The summed E-state index contributed by atoms with van der Waals surface area (Å²) in [5.74, 6) is -0.943. The summed E-state index contributed by atoms with van der Waals surface area (Å²) in [5, 5.41) is 12.5. The van der Waals surface area contributed by atoms with Gasteiger partial charge in [-0.3, -0.25) is 0 Å². The Bertz CT molecular complexity index is 437. The third kappa shape index (κ3) is 2.35. The number of nitrogens with one attached hydrogen (secondary N) is 1. The number of nitrogens with two attached hydrogens (primary N) is 1. The average Bonchev–Trinajstić information content (AvgIpc) is 2.68. The molecule has 4 N–H and O–H groups in total. The molecule has 1 fully saturated rings. The molecule has 4 heteroatoms. The van der Waals surface area contributed by atoms with Crippen LogP contribution in [0.5, 0.6) is 0 Å². The van der Waals surface area contributed by atoms with Crippen LogP contribution in [0.25, 0.3) is 0 Å². The van der Waals surface area contributed by atoms with Crippen molar-refractivity contribution in [2.45, 2.75) is 38.1 Å². The number of rotatable bonds is 3. The number of aromatic carboxylic acids is 1. The molecule has 0 atom stereocenters. The normalized spacial score (nSPS) is 17.9. The lowest BCUT2D eigenvalue weighted by Crippen LogP contribution is -2.32. The van der Waals surface area contributed by atoms with Gasteiger partial charge in [-0.15, -0.1) is 0 Å². The second kappa shape index (κ2) is 4.28. The van der Waals surface area contributed by atoms with Crippen molar-refractivity contribution in [1.29, 1.82) is 0 Å². The predicted octanol–water partition coefficient (Wildman–Crippen LogP) is 2.71. The summed E-state index contributed by atoms with van der Waals surface area (Å²) in [7, 11) is 0. The summed E-state index contributed by atoms with van der Waals surface area (Å²) >= 11 is 0. The van der Waals surface area contributed by atoms with Gasteiger partial charge in [0.2, 0.25) is 0 Å². The van der Waals surface area contributed by atoms with E-state index in [2.05, 4.69) is 12.2 Å². The van der Waals surface area contributed by atoms with Crippen molar-refractivity contribution in [2.75, 3.05) is 11.1 Å². The lowest BCUT2D eigenvalue weighted by molar-refractivity contribution is 0.0698. The van der Waals surface area contributed by atoms with Crippen LogP contribution in [0.3, 0.4) is 0 Å². The summed E-state index contributed by atoms with van der Waals surface area (Å²) in [5.41, 5.74) is 7.15. The van der Waals surface area contributed by atoms with Crippen LogP contribution in [0.2, 0.25) is 0 Å². The Morgan fingerprint density at radius 2 is 2.06 bits per heavy atom. The summed E-state index contributed by atoms with van der Waals surface area (Å²) < 4.78 is 0. The molecule has 4 nitrogen and oxygen atoms in total. The maximum Gasteiger partial charge on any atom is 0.337 e. The van der Waals surface area contributed by atoms with E-state index in [0.29, 0.717) is 11.4 Å². The van der Waals surface area contributed by atoms with Crippen LogP contribution in [0, 0.1) is 0 Å². The Morgan fingerprint density at radius 1 is 1.41 bits per heavy atom. The van der Waals surface area contributed by atoms with Crippen molar-refractivity contribution in [1.82, 2.24) is 0 Å². The lowest BCUT2D eigenvalue weighted by atomic mass is 9.99. The molecule has 1 aromatic carbocycles. The SMILES string of the molecule is CC1(Nc2c(N)cccc2C(=O)O)CCCC1. The minimum absolute atomic E-state index is 0.0281. The number of carbonyl (C=O) groups is 1. The fraction of sp³-hybridized carbons (Fsp3) is 0.462. The van der Waals surface area contributed by atoms with Gasteiger partial charge in [0.1, 0.15) is 0 Å². The van der Waals surface area contributed by atoms with E-state index in [-0.39, 0.29) is 11.1 Å². The number of para-hydroxylation sites is 1. The minimum atomic E-state index is -0.943. The first-order chi connectivity index (χ1) is 8.02. The van der Waals surface area contributed by atoms with Gasteiger partial charge in [-0.25, -0.2) is 4.79 Å². The Morgan fingerprint density at radius 3 is 2.65 bits per heavy atom.